The van der Waals surface area contributed by atoms with Crippen molar-refractivity contribution in [3.63, 3.8) is 0 Å². The molecule has 2 rings (SSSR count). The van der Waals surface area contributed by atoms with E-state index in [9.17, 15) is 4.39 Å². The van der Waals surface area contributed by atoms with Crippen LogP contribution in [-0.4, -0.2) is 11.6 Å². The highest BCUT2D eigenvalue weighted by atomic mass is 32.1. The van der Waals surface area contributed by atoms with Gasteiger partial charge in [-0.15, -0.1) is 0 Å². The van der Waals surface area contributed by atoms with Crippen LogP contribution in [0.2, 0.25) is 0 Å². The predicted octanol–water partition coefficient (Wildman–Crippen LogP) is 3.60. The largest absolute Gasteiger partial charge is 0.492 e. The fourth-order valence-corrected chi connectivity index (χ4v) is 1.99. The summed E-state index contributed by atoms with van der Waals surface area (Å²) in [5, 5.41) is 3.18. The second-order valence-corrected chi connectivity index (χ2v) is 4.55. The van der Waals surface area contributed by atoms with E-state index >= 15 is 0 Å². The maximum Gasteiger partial charge on any atom is 0.142 e. The first-order chi connectivity index (χ1) is 9.61. The molecule has 0 fully saturated rings. The number of para-hydroxylation sites is 2. The fourth-order valence-electron chi connectivity index (χ4n) is 1.83. The summed E-state index contributed by atoms with van der Waals surface area (Å²) in [7, 11) is 0. The average molecular weight is 290 g/mol. The highest BCUT2D eigenvalue weighted by Crippen LogP contribution is 2.29. The quantitative estimate of drug-likeness (QED) is 0.826. The molecule has 0 unspecified atom stereocenters. The molecule has 0 spiro atoms. The molecular formula is C15H15FN2OS. The van der Waals surface area contributed by atoms with Gasteiger partial charge in [-0.25, -0.2) is 4.39 Å². The van der Waals surface area contributed by atoms with Gasteiger partial charge in [0.1, 0.15) is 16.6 Å². The van der Waals surface area contributed by atoms with Crippen LogP contribution in [0, 0.1) is 5.82 Å². The summed E-state index contributed by atoms with van der Waals surface area (Å²) >= 11 is 4.95. The van der Waals surface area contributed by atoms with Crippen LogP contribution in [0.1, 0.15) is 12.5 Å². The molecule has 0 amide bonds. The van der Waals surface area contributed by atoms with Crippen molar-refractivity contribution in [3.8, 4) is 5.75 Å². The zero-order chi connectivity index (χ0) is 14.5. The Morgan fingerprint density at radius 2 is 2.00 bits per heavy atom. The predicted molar refractivity (Wildman–Crippen MR) is 83.2 cm³/mol. The van der Waals surface area contributed by atoms with Crippen LogP contribution < -0.4 is 15.8 Å². The van der Waals surface area contributed by atoms with E-state index in [2.05, 4.69) is 5.32 Å². The molecule has 104 valence electrons. The summed E-state index contributed by atoms with van der Waals surface area (Å²) in [6.45, 7) is 2.47. The normalized spacial score (nSPS) is 10.1. The molecule has 3 N–H and O–H groups in total. The van der Waals surface area contributed by atoms with Gasteiger partial charge < -0.3 is 15.8 Å². The van der Waals surface area contributed by atoms with E-state index < -0.39 is 0 Å². The minimum Gasteiger partial charge on any atom is -0.492 e. The Labute approximate surface area is 122 Å². The van der Waals surface area contributed by atoms with E-state index in [0.717, 1.165) is 5.69 Å². The number of ether oxygens (including phenoxy) is 1. The highest BCUT2D eigenvalue weighted by Gasteiger charge is 2.09. The lowest BCUT2D eigenvalue weighted by Crippen LogP contribution is -2.12. The minimum atomic E-state index is -0.378. The van der Waals surface area contributed by atoms with Gasteiger partial charge in [-0.05, 0) is 37.3 Å². The monoisotopic (exact) mass is 290 g/mol. The first kappa shape index (κ1) is 14.3. The van der Waals surface area contributed by atoms with Crippen molar-refractivity contribution in [2.24, 2.45) is 5.73 Å². The zero-order valence-corrected chi connectivity index (χ0v) is 11.8. The molecular weight excluding hydrogens is 275 g/mol. The molecule has 0 saturated heterocycles. The van der Waals surface area contributed by atoms with Crippen molar-refractivity contribution in [1.82, 2.24) is 0 Å². The third-order valence-electron chi connectivity index (χ3n) is 2.70. The molecule has 20 heavy (non-hydrogen) atoms. The number of nitrogens with one attached hydrogen (secondary N) is 1. The van der Waals surface area contributed by atoms with Gasteiger partial charge in [0.25, 0.3) is 0 Å². The molecule has 0 atom stereocenters. The highest BCUT2D eigenvalue weighted by molar-refractivity contribution is 7.80. The van der Waals surface area contributed by atoms with E-state index in [4.69, 9.17) is 22.7 Å². The Morgan fingerprint density at radius 3 is 2.70 bits per heavy atom. The van der Waals surface area contributed by atoms with Gasteiger partial charge in [0.05, 0.1) is 12.3 Å². The van der Waals surface area contributed by atoms with Crippen molar-refractivity contribution in [3.05, 3.63) is 53.8 Å². The van der Waals surface area contributed by atoms with E-state index in [0.29, 0.717) is 23.6 Å². The summed E-state index contributed by atoms with van der Waals surface area (Å²) in [5.41, 5.74) is 7.51. The number of hydrogen-bond donors (Lipinski definition) is 2. The van der Waals surface area contributed by atoms with E-state index in [1.165, 1.54) is 12.1 Å². The Balaban J connectivity index is 2.37. The van der Waals surface area contributed by atoms with Crippen LogP contribution in [-0.2, 0) is 0 Å². The van der Waals surface area contributed by atoms with Crippen LogP contribution in [0.4, 0.5) is 15.8 Å². The smallest absolute Gasteiger partial charge is 0.142 e. The first-order valence-electron chi connectivity index (χ1n) is 6.20. The lowest BCUT2D eigenvalue weighted by Gasteiger charge is -2.14. The van der Waals surface area contributed by atoms with E-state index in [1.807, 2.05) is 31.2 Å². The van der Waals surface area contributed by atoms with Gasteiger partial charge in [-0.1, -0.05) is 24.4 Å². The van der Waals surface area contributed by atoms with Crippen molar-refractivity contribution in [1.29, 1.82) is 0 Å². The summed E-state index contributed by atoms with van der Waals surface area (Å²) in [6.07, 6.45) is 0. The molecule has 0 aliphatic heterocycles. The second kappa shape index (κ2) is 6.34. The zero-order valence-electron chi connectivity index (χ0n) is 11.0. The molecule has 0 aliphatic rings. The van der Waals surface area contributed by atoms with Crippen molar-refractivity contribution < 1.29 is 9.13 Å². The van der Waals surface area contributed by atoms with Crippen LogP contribution in [0.25, 0.3) is 0 Å². The fraction of sp³-hybridized carbons (Fsp3) is 0.133. The van der Waals surface area contributed by atoms with E-state index in [1.54, 1.807) is 6.07 Å². The molecule has 0 radical (unpaired) electrons. The number of nitrogens with two attached hydrogens (primary N) is 1. The minimum absolute atomic E-state index is 0.140. The molecule has 0 bridgehead atoms. The van der Waals surface area contributed by atoms with Crippen molar-refractivity contribution >= 4 is 28.6 Å². The standard InChI is InChI=1S/C15H15FN2OS/c1-2-19-14-6-4-3-5-13(14)18-12-8-7-10(16)9-11(12)15(17)20/h3-9,18H,2H2,1H3,(H2,17,20). The Hall–Kier alpha value is -2.14. The van der Waals surface area contributed by atoms with Gasteiger partial charge in [-0.3, -0.25) is 0 Å². The number of rotatable bonds is 5. The number of thiocarbonyl (C=S) groups is 1. The Bertz CT molecular complexity index is 631. The molecule has 2 aromatic rings. The second-order valence-electron chi connectivity index (χ2n) is 4.11. The van der Waals surface area contributed by atoms with Gasteiger partial charge in [0.15, 0.2) is 0 Å². The molecule has 0 saturated carbocycles. The summed E-state index contributed by atoms with van der Waals surface area (Å²) < 4.78 is 18.8. The number of halogens is 1. The summed E-state index contributed by atoms with van der Waals surface area (Å²) in [6, 6.07) is 11.8. The summed E-state index contributed by atoms with van der Waals surface area (Å²) in [4.78, 5) is 0.140. The van der Waals surface area contributed by atoms with Gasteiger partial charge >= 0.3 is 0 Å². The maximum atomic E-state index is 13.3. The Morgan fingerprint density at radius 1 is 1.25 bits per heavy atom. The Kier molecular flexibility index (Phi) is 4.53. The molecule has 0 heterocycles. The number of hydrogen-bond acceptors (Lipinski definition) is 3. The van der Waals surface area contributed by atoms with Gasteiger partial charge in [0, 0.05) is 11.3 Å². The van der Waals surface area contributed by atoms with Crippen molar-refractivity contribution in [2.45, 2.75) is 6.92 Å². The molecule has 3 nitrogen and oxygen atoms in total. The third-order valence-corrected chi connectivity index (χ3v) is 2.92. The summed E-state index contributed by atoms with van der Waals surface area (Å²) in [5.74, 6) is 0.338. The lowest BCUT2D eigenvalue weighted by molar-refractivity contribution is 0.342. The van der Waals surface area contributed by atoms with Crippen LogP contribution >= 0.6 is 12.2 Å². The molecule has 2 aromatic carbocycles. The number of anilines is 2. The molecule has 0 aliphatic carbocycles. The van der Waals surface area contributed by atoms with Crippen LogP contribution in [0.15, 0.2) is 42.5 Å². The SMILES string of the molecule is CCOc1ccccc1Nc1ccc(F)cc1C(N)=S. The van der Waals surface area contributed by atoms with Gasteiger partial charge in [0.2, 0.25) is 0 Å². The molecule has 5 heteroatoms. The van der Waals surface area contributed by atoms with Crippen molar-refractivity contribution in [2.75, 3.05) is 11.9 Å². The topological polar surface area (TPSA) is 47.3 Å². The van der Waals surface area contributed by atoms with Gasteiger partial charge in [-0.2, -0.15) is 0 Å². The maximum absolute atomic E-state index is 13.3. The van der Waals surface area contributed by atoms with Crippen LogP contribution in [0.5, 0.6) is 5.75 Å². The average Bonchev–Trinajstić information content (AvgIpc) is 2.43. The van der Waals surface area contributed by atoms with E-state index in [-0.39, 0.29) is 10.8 Å². The lowest BCUT2D eigenvalue weighted by atomic mass is 10.1. The van der Waals surface area contributed by atoms with Crippen LogP contribution in [0.3, 0.4) is 0 Å². The number of benzene rings is 2. The third kappa shape index (κ3) is 3.24. The first-order valence-corrected chi connectivity index (χ1v) is 6.61. The molecule has 0 aromatic heterocycles.